The van der Waals surface area contributed by atoms with E-state index < -0.39 is 0 Å². The number of amides is 2. The lowest BCUT2D eigenvalue weighted by molar-refractivity contribution is -0.122. The second-order valence-corrected chi connectivity index (χ2v) is 12.0. The van der Waals surface area contributed by atoms with Crippen molar-refractivity contribution in [3.63, 3.8) is 0 Å². The van der Waals surface area contributed by atoms with Crippen LogP contribution in [0.2, 0.25) is 0 Å². The molecule has 0 atom stereocenters. The average molecular weight is 605 g/mol. The zero-order valence-electron chi connectivity index (χ0n) is 25.7. The van der Waals surface area contributed by atoms with Crippen molar-refractivity contribution in [2.45, 2.75) is 102 Å². The van der Waals surface area contributed by atoms with E-state index in [1.807, 2.05) is 42.5 Å². The van der Waals surface area contributed by atoms with Gasteiger partial charge in [-0.3, -0.25) is 9.59 Å². The van der Waals surface area contributed by atoms with Gasteiger partial charge in [0, 0.05) is 26.0 Å². The largest absolute Gasteiger partial charge is 0.454 e. The molecule has 0 aromatic heterocycles. The molecule has 0 saturated heterocycles. The summed E-state index contributed by atoms with van der Waals surface area (Å²) < 4.78 is 21.3. The molecular formula is C36H48N2O6. The van der Waals surface area contributed by atoms with Crippen LogP contribution in [0.25, 0.3) is 6.08 Å². The quantitative estimate of drug-likeness (QED) is 0.168. The fraction of sp³-hybridized carbons (Fsp3) is 0.500. The first-order chi connectivity index (χ1) is 21.6. The molecule has 2 aromatic carbocycles. The maximum atomic E-state index is 11.9. The highest BCUT2D eigenvalue weighted by Gasteiger charge is 2.17. The first-order valence-electron chi connectivity index (χ1n) is 16.4. The number of unbranched alkanes of at least 4 members (excludes halogenated alkanes) is 1. The second-order valence-electron chi connectivity index (χ2n) is 12.0. The molecule has 0 unspecified atom stereocenters. The molecule has 2 amide bonds. The van der Waals surface area contributed by atoms with Gasteiger partial charge in [0.05, 0.1) is 0 Å². The highest BCUT2D eigenvalue weighted by molar-refractivity contribution is 5.88. The van der Waals surface area contributed by atoms with Gasteiger partial charge in [-0.1, -0.05) is 68.9 Å². The number of carbonyl (C=O) groups excluding carboxylic acids is 2. The summed E-state index contributed by atoms with van der Waals surface area (Å²) in [5.74, 6) is 3.42. The minimum atomic E-state index is -0.0118. The molecule has 8 heteroatoms. The van der Waals surface area contributed by atoms with Gasteiger partial charge >= 0.3 is 0 Å². The first-order valence-corrected chi connectivity index (χ1v) is 16.4. The van der Waals surface area contributed by atoms with Crippen molar-refractivity contribution < 1.29 is 30.0 Å². The van der Waals surface area contributed by atoms with Crippen LogP contribution in [0.4, 0.5) is 0 Å². The van der Waals surface area contributed by atoms with Gasteiger partial charge in [0.25, 0.3) is 0 Å². The van der Waals surface area contributed by atoms with Crippen LogP contribution in [-0.4, -0.2) is 37.5 Å². The van der Waals surface area contributed by atoms with E-state index in [9.17, 15) is 9.59 Å². The predicted octanol–water partition coefficient (Wildman–Crippen LogP) is 7.26. The SMILES string of the molecule is O=C(/C=C/C=C/c1ccc2c(c1)OCO2)NC1CCCCC1.O=C(CCCCc1ccc2c(c1)OCO2)NC1CCCCC1.[HH]. The summed E-state index contributed by atoms with van der Waals surface area (Å²) in [4.78, 5) is 23.7. The molecule has 2 aromatic rings. The molecule has 2 aliphatic heterocycles. The molecule has 2 fully saturated rings. The number of fused-ring (bicyclic) bond motifs is 2. The zero-order valence-corrected chi connectivity index (χ0v) is 25.7. The van der Waals surface area contributed by atoms with Crippen molar-refractivity contribution >= 4 is 17.9 Å². The number of nitrogens with one attached hydrogen (secondary N) is 2. The van der Waals surface area contributed by atoms with Crippen LogP contribution in [0.15, 0.2) is 54.6 Å². The van der Waals surface area contributed by atoms with Gasteiger partial charge in [0.1, 0.15) is 0 Å². The highest BCUT2D eigenvalue weighted by Crippen LogP contribution is 2.33. The number of ether oxygens (including phenoxy) is 4. The number of rotatable bonds is 10. The number of hydrogen-bond donors (Lipinski definition) is 2. The van der Waals surface area contributed by atoms with Crippen molar-refractivity contribution in [3.8, 4) is 23.0 Å². The third-order valence-electron chi connectivity index (χ3n) is 8.52. The van der Waals surface area contributed by atoms with E-state index in [-0.39, 0.29) is 20.0 Å². The molecule has 8 nitrogen and oxygen atoms in total. The monoisotopic (exact) mass is 604 g/mol. The van der Waals surface area contributed by atoms with Crippen molar-refractivity contribution in [2.24, 2.45) is 0 Å². The van der Waals surface area contributed by atoms with Crippen molar-refractivity contribution in [2.75, 3.05) is 13.6 Å². The molecule has 0 radical (unpaired) electrons. The van der Waals surface area contributed by atoms with Crippen LogP contribution in [0.1, 0.15) is 96.0 Å². The summed E-state index contributed by atoms with van der Waals surface area (Å²) >= 11 is 0. The molecule has 2 heterocycles. The number of aryl methyl sites for hydroxylation is 1. The molecule has 2 saturated carbocycles. The van der Waals surface area contributed by atoms with Crippen LogP contribution >= 0.6 is 0 Å². The Morgan fingerprint density at radius 1 is 0.705 bits per heavy atom. The topological polar surface area (TPSA) is 95.1 Å². The molecular weight excluding hydrogens is 556 g/mol. The zero-order chi connectivity index (χ0) is 30.4. The van der Waals surface area contributed by atoms with Gasteiger partial charge in [-0.2, -0.15) is 0 Å². The van der Waals surface area contributed by atoms with Crippen LogP contribution < -0.4 is 29.6 Å². The number of allylic oxidation sites excluding steroid dienone is 2. The summed E-state index contributed by atoms with van der Waals surface area (Å²) in [6, 6.07) is 12.6. The van der Waals surface area contributed by atoms with E-state index in [1.54, 1.807) is 12.2 Å². The maximum Gasteiger partial charge on any atom is 0.244 e. The van der Waals surface area contributed by atoms with Gasteiger partial charge in [-0.15, -0.1) is 0 Å². The van der Waals surface area contributed by atoms with E-state index in [4.69, 9.17) is 18.9 Å². The number of carbonyl (C=O) groups is 2. The Labute approximate surface area is 262 Å². The lowest BCUT2D eigenvalue weighted by Crippen LogP contribution is -2.35. The molecule has 238 valence electrons. The Hall–Kier alpha value is -3.94. The predicted molar refractivity (Wildman–Crippen MR) is 173 cm³/mol. The molecule has 2 N–H and O–H groups in total. The standard InChI is InChI=1S/C18H25NO3.C18H21NO3.H2/c2*20-18(19-15-7-2-1-3-8-15)9-5-4-6-14-10-11-16-17(12-14)22-13-21-16;/h10-12,15H,1-9,13H2,(H,19,20);4-6,9-12,15H,1-3,7-8,13H2,(H,19,20);1H/b;6-4+,9-5+;. The van der Waals surface area contributed by atoms with Gasteiger partial charge in [-0.25, -0.2) is 0 Å². The second kappa shape index (κ2) is 16.8. The van der Waals surface area contributed by atoms with E-state index in [2.05, 4.69) is 16.7 Å². The smallest absolute Gasteiger partial charge is 0.244 e. The van der Waals surface area contributed by atoms with E-state index >= 15 is 0 Å². The molecule has 44 heavy (non-hydrogen) atoms. The molecule has 0 bridgehead atoms. The van der Waals surface area contributed by atoms with Crippen molar-refractivity contribution in [1.82, 2.24) is 10.6 Å². The summed E-state index contributed by atoms with van der Waals surface area (Å²) in [6.07, 6.45) is 22.8. The molecule has 6 rings (SSSR count). The Balaban J connectivity index is 0.000000200. The van der Waals surface area contributed by atoms with Crippen molar-refractivity contribution in [3.05, 3.63) is 65.8 Å². The lowest BCUT2D eigenvalue weighted by Gasteiger charge is -2.22. The van der Waals surface area contributed by atoms with E-state index in [1.165, 1.54) is 44.1 Å². The van der Waals surface area contributed by atoms with Crippen LogP contribution in [0.3, 0.4) is 0 Å². The summed E-state index contributed by atoms with van der Waals surface area (Å²) in [5, 5.41) is 6.23. The van der Waals surface area contributed by atoms with Gasteiger partial charge in [-0.05, 0) is 80.3 Å². The number of hydrogen-bond acceptors (Lipinski definition) is 6. The van der Waals surface area contributed by atoms with Crippen LogP contribution in [0.5, 0.6) is 23.0 Å². The molecule has 0 spiro atoms. The van der Waals surface area contributed by atoms with Gasteiger partial charge < -0.3 is 29.6 Å². The highest BCUT2D eigenvalue weighted by atomic mass is 16.7. The lowest BCUT2D eigenvalue weighted by atomic mass is 9.95. The number of benzene rings is 2. The fourth-order valence-corrected chi connectivity index (χ4v) is 6.08. The van der Waals surface area contributed by atoms with Crippen LogP contribution in [0, 0.1) is 0 Å². The minimum absolute atomic E-state index is 0. The summed E-state index contributed by atoms with van der Waals surface area (Å²) in [7, 11) is 0. The molecule has 2 aliphatic carbocycles. The molecule has 4 aliphatic rings. The van der Waals surface area contributed by atoms with E-state index in [0.29, 0.717) is 25.3 Å². The third-order valence-corrected chi connectivity index (χ3v) is 8.52. The van der Waals surface area contributed by atoms with Gasteiger partial charge in [0.15, 0.2) is 23.0 Å². The van der Waals surface area contributed by atoms with Crippen molar-refractivity contribution in [1.29, 1.82) is 0 Å². The Kier molecular flexibility index (Phi) is 12.0. The summed E-state index contributed by atoms with van der Waals surface area (Å²) in [6.45, 7) is 0.601. The van der Waals surface area contributed by atoms with Crippen LogP contribution in [-0.2, 0) is 16.0 Å². The minimum Gasteiger partial charge on any atom is -0.454 e. The normalized spacial score (nSPS) is 17.8. The Bertz CT molecular complexity index is 1300. The fourth-order valence-electron chi connectivity index (χ4n) is 6.08. The average Bonchev–Trinajstić information content (AvgIpc) is 3.72. The maximum absolute atomic E-state index is 11.9. The first kappa shape index (κ1) is 31.5. The Morgan fingerprint density at radius 3 is 2.02 bits per heavy atom. The third kappa shape index (κ3) is 10.1. The Morgan fingerprint density at radius 2 is 1.32 bits per heavy atom. The van der Waals surface area contributed by atoms with Gasteiger partial charge in [0.2, 0.25) is 25.4 Å². The summed E-state index contributed by atoms with van der Waals surface area (Å²) in [5.41, 5.74) is 2.26. The van der Waals surface area contributed by atoms with E-state index in [0.717, 1.165) is 73.5 Å².